The third kappa shape index (κ3) is 3.49. The molecule has 2 atom stereocenters. The zero-order valence-corrected chi connectivity index (χ0v) is 12.9. The van der Waals surface area contributed by atoms with Crippen LogP contribution in [0.5, 0.6) is 11.5 Å². The number of methoxy groups -OCH3 is 1. The first kappa shape index (κ1) is 15.3. The Bertz CT molecular complexity index is 451. The largest absolute Gasteiger partial charge is 0.493 e. The Morgan fingerprint density at radius 1 is 1.40 bits per heavy atom. The number of hydrogen-bond acceptors (Lipinski definition) is 4. The SMILES string of the molecule is CCOc1ccc(C(CCO)C2CC=CS2)cc1OC. The molecule has 1 aromatic rings. The van der Waals surface area contributed by atoms with Gasteiger partial charge in [0.25, 0.3) is 0 Å². The molecule has 0 amide bonds. The summed E-state index contributed by atoms with van der Waals surface area (Å²) >= 11 is 1.85. The van der Waals surface area contributed by atoms with E-state index in [1.165, 1.54) is 5.56 Å². The van der Waals surface area contributed by atoms with Crippen LogP contribution < -0.4 is 9.47 Å². The van der Waals surface area contributed by atoms with Crippen LogP contribution in [-0.2, 0) is 0 Å². The summed E-state index contributed by atoms with van der Waals surface area (Å²) in [6, 6.07) is 6.10. The Kier molecular flexibility index (Phi) is 5.80. The van der Waals surface area contributed by atoms with Crippen molar-refractivity contribution in [3.63, 3.8) is 0 Å². The van der Waals surface area contributed by atoms with Crippen molar-refractivity contribution < 1.29 is 14.6 Å². The molecule has 0 saturated carbocycles. The van der Waals surface area contributed by atoms with Gasteiger partial charge in [-0.15, -0.1) is 11.8 Å². The Labute approximate surface area is 125 Å². The van der Waals surface area contributed by atoms with E-state index in [1.54, 1.807) is 7.11 Å². The summed E-state index contributed by atoms with van der Waals surface area (Å²) in [4.78, 5) is 0. The predicted molar refractivity (Wildman–Crippen MR) is 83.7 cm³/mol. The lowest BCUT2D eigenvalue weighted by molar-refractivity contribution is 0.274. The minimum atomic E-state index is 0.206. The van der Waals surface area contributed by atoms with Crippen LogP contribution in [0.15, 0.2) is 29.7 Å². The van der Waals surface area contributed by atoms with Gasteiger partial charge in [-0.05, 0) is 48.8 Å². The van der Waals surface area contributed by atoms with Crippen LogP contribution in [0.3, 0.4) is 0 Å². The van der Waals surface area contributed by atoms with E-state index in [4.69, 9.17) is 9.47 Å². The predicted octanol–water partition coefficient (Wildman–Crippen LogP) is 3.58. The molecule has 0 bridgehead atoms. The molecule has 2 rings (SSSR count). The highest BCUT2D eigenvalue weighted by molar-refractivity contribution is 8.03. The van der Waals surface area contributed by atoms with E-state index in [9.17, 15) is 5.11 Å². The van der Waals surface area contributed by atoms with Gasteiger partial charge in [-0.25, -0.2) is 0 Å². The summed E-state index contributed by atoms with van der Waals surface area (Å²) in [5, 5.41) is 12.0. The van der Waals surface area contributed by atoms with Gasteiger partial charge in [-0.3, -0.25) is 0 Å². The summed E-state index contributed by atoms with van der Waals surface area (Å²) < 4.78 is 11.0. The fourth-order valence-corrected chi connectivity index (χ4v) is 3.69. The fourth-order valence-electron chi connectivity index (χ4n) is 2.56. The van der Waals surface area contributed by atoms with Crippen molar-refractivity contribution in [3.8, 4) is 11.5 Å². The van der Waals surface area contributed by atoms with E-state index < -0.39 is 0 Å². The standard InChI is InChI=1S/C16H22O3S/c1-3-19-14-7-6-12(11-15(14)18-2)13(8-9-17)16-5-4-10-20-16/h4,6-7,10-11,13,16-17H,3,5,8-9H2,1-2H3. The molecule has 20 heavy (non-hydrogen) atoms. The Morgan fingerprint density at radius 2 is 2.25 bits per heavy atom. The number of aliphatic hydroxyl groups excluding tert-OH is 1. The van der Waals surface area contributed by atoms with Gasteiger partial charge in [0, 0.05) is 11.9 Å². The van der Waals surface area contributed by atoms with Gasteiger partial charge in [0.05, 0.1) is 13.7 Å². The maximum absolute atomic E-state index is 9.34. The van der Waals surface area contributed by atoms with E-state index in [2.05, 4.69) is 17.6 Å². The second kappa shape index (κ2) is 7.60. The first-order chi connectivity index (χ1) is 9.80. The number of aliphatic hydroxyl groups is 1. The molecular weight excluding hydrogens is 272 g/mol. The van der Waals surface area contributed by atoms with Crippen molar-refractivity contribution in [1.29, 1.82) is 0 Å². The van der Waals surface area contributed by atoms with Gasteiger partial charge >= 0.3 is 0 Å². The lowest BCUT2D eigenvalue weighted by Gasteiger charge is -2.23. The van der Waals surface area contributed by atoms with Crippen molar-refractivity contribution in [2.24, 2.45) is 0 Å². The molecule has 1 aliphatic heterocycles. The van der Waals surface area contributed by atoms with Crippen LogP contribution in [0, 0.1) is 0 Å². The Balaban J connectivity index is 2.23. The Hall–Kier alpha value is -1.13. The van der Waals surface area contributed by atoms with Crippen LogP contribution in [0.2, 0.25) is 0 Å². The number of hydrogen-bond donors (Lipinski definition) is 1. The maximum atomic E-state index is 9.34. The average molecular weight is 294 g/mol. The molecule has 1 N–H and O–H groups in total. The van der Waals surface area contributed by atoms with E-state index >= 15 is 0 Å². The Morgan fingerprint density at radius 3 is 2.85 bits per heavy atom. The number of allylic oxidation sites excluding steroid dienone is 1. The van der Waals surface area contributed by atoms with Crippen LogP contribution in [0.25, 0.3) is 0 Å². The number of ether oxygens (including phenoxy) is 2. The molecule has 0 fully saturated rings. The highest BCUT2D eigenvalue weighted by atomic mass is 32.2. The highest BCUT2D eigenvalue weighted by Gasteiger charge is 2.25. The molecule has 0 saturated heterocycles. The molecule has 4 heteroatoms. The molecule has 1 aliphatic rings. The second-order valence-electron chi connectivity index (χ2n) is 4.74. The van der Waals surface area contributed by atoms with Crippen LogP contribution in [0.1, 0.15) is 31.2 Å². The molecule has 3 nitrogen and oxygen atoms in total. The van der Waals surface area contributed by atoms with Crippen molar-refractivity contribution in [1.82, 2.24) is 0 Å². The maximum Gasteiger partial charge on any atom is 0.161 e. The number of benzene rings is 1. The molecule has 0 radical (unpaired) electrons. The normalized spacial score (nSPS) is 19.1. The minimum absolute atomic E-state index is 0.206. The molecular formula is C16H22O3S. The molecule has 0 aliphatic carbocycles. The van der Waals surface area contributed by atoms with Crippen LogP contribution in [0.4, 0.5) is 0 Å². The monoisotopic (exact) mass is 294 g/mol. The number of rotatable bonds is 7. The van der Waals surface area contributed by atoms with E-state index in [1.807, 2.05) is 30.8 Å². The quantitative estimate of drug-likeness (QED) is 0.834. The zero-order chi connectivity index (χ0) is 14.4. The van der Waals surface area contributed by atoms with E-state index in [0.29, 0.717) is 17.8 Å². The van der Waals surface area contributed by atoms with Crippen molar-refractivity contribution in [2.75, 3.05) is 20.3 Å². The minimum Gasteiger partial charge on any atom is -0.493 e. The van der Waals surface area contributed by atoms with E-state index in [0.717, 1.165) is 24.3 Å². The molecule has 0 spiro atoms. The third-order valence-corrected chi connectivity index (χ3v) is 4.74. The first-order valence-corrected chi connectivity index (χ1v) is 7.96. The van der Waals surface area contributed by atoms with Crippen molar-refractivity contribution in [3.05, 3.63) is 35.2 Å². The summed E-state index contributed by atoms with van der Waals surface area (Å²) in [5.41, 5.74) is 1.21. The van der Waals surface area contributed by atoms with Crippen LogP contribution >= 0.6 is 11.8 Å². The summed E-state index contributed by atoms with van der Waals surface area (Å²) in [5.74, 6) is 1.88. The third-order valence-electron chi connectivity index (χ3n) is 3.52. The second-order valence-corrected chi connectivity index (χ2v) is 5.89. The lowest BCUT2D eigenvalue weighted by atomic mass is 9.90. The molecule has 0 aromatic heterocycles. The first-order valence-electron chi connectivity index (χ1n) is 7.02. The lowest BCUT2D eigenvalue weighted by Crippen LogP contribution is -2.14. The fraction of sp³-hybridized carbons (Fsp3) is 0.500. The molecule has 110 valence electrons. The molecule has 1 heterocycles. The van der Waals surface area contributed by atoms with Gasteiger partial charge < -0.3 is 14.6 Å². The average Bonchev–Trinajstić information content (AvgIpc) is 2.99. The highest BCUT2D eigenvalue weighted by Crippen LogP contribution is 2.40. The summed E-state index contributed by atoms with van der Waals surface area (Å²) in [6.07, 6.45) is 4.03. The van der Waals surface area contributed by atoms with Gasteiger partial charge in [-0.2, -0.15) is 0 Å². The van der Waals surface area contributed by atoms with Crippen molar-refractivity contribution in [2.45, 2.75) is 30.9 Å². The van der Waals surface area contributed by atoms with Gasteiger partial charge in [0.15, 0.2) is 11.5 Å². The molecule has 2 unspecified atom stereocenters. The molecule has 1 aromatic carbocycles. The van der Waals surface area contributed by atoms with Crippen LogP contribution in [-0.4, -0.2) is 30.7 Å². The zero-order valence-electron chi connectivity index (χ0n) is 12.0. The summed E-state index contributed by atoms with van der Waals surface area (Å²) in [7, 11) is 1.66. The van der Waals surface area contributed by atoms with Gasteiger partial charge in [0.1, 0.15) is 0 Å². The number of thioether (sulfide) groups is 1. The van der Waals surface area contributed by atoms with Gasteiger partial charge in [0.2, 0.25) is 0 Å². The summed E-state index contributed by atoms with van der Waals surface area (Å²) in [6.45, 7) is 2.79. The van der Waals surface area contributed by atoms with E-state index in [-0.39, 0.29) is 6.61 Å². The van der Waals surface area contributed by atoms with Crippen molar-refractivity contribution >= 4 is 11.8 Å². The smallest absolute Gasteiger partial charge is 0.161 e. The topological polar surface area (TPSA) is 38.7 Å². The van der Waals surface area contributed by atoms with Gasteiger partial charge in [-0.1, -0.05) is 12.1 Å².